The van der Waals surface area contributed by atoms with Crippen LogP contribution in [0.25, 0.3) is 5.82 Å². The molecule has 0 aliphatic carbocycles. The summed E-state index contributed by atoms with van der Waals surface area (Å²) in [6.07, 6.45) is 3.13. The van der Waals surface area contributed by atoms with Crippen molar-refractivity contribution >= 4 is 23.5 Å². The zero-order valence-corrected chi connectivity index (χ0v) is 12.8. The highest BCUT2D eigenvalue weighted by Crippen LogP contribution is 2.45. The Bertz CT molecular complexity index is 560. The maximum atomic E-state index is 4.68. The molecule has 0 aromatic carbocycles. The van der Waals surface area contributed by atoms with Crippen LogP contribution in [-0.4, -0.2) is 26.3 Å². The van der Waals surface area contributed by atoms with Crippen molar-refractivity contribution in [3.8, 4) is 5.82 Å². The van der Waals surface area contributed by atoms with Crippen molar-refractivity contribution < 1.29 is 0 Å². The first kappa shape index (κ1) is 13.1. The Hall–Kier alpha value is -0.940. The van der Waals surface area contributed by atoms with Crippen LogP contribution in [0.15, 0.2) is 24.4 Å². The molecular weight excluding hydrogens is 274 g/mol. The van der Waals surface area contributed by atoms with Crippen molar-refractivity contribution in [2.75, 3.05) is 11.5 Å². The highest BCUT2D eigenvalue weighted by atomic mass is 32.2. The third-order valence-electron chi connectivity index (χ3n) is 3.28. The van der Waals surface area contributed by atoms with E-state index in [-0.39, 0.29) is 0 Å². The number of aryl methyl sites for hydroxylation is 1. The summed E-state index contributed by atoms with van der Waals surface area (Å²) in [7, 11) is 0. The summed E-state index contributed by atoms with van der Waals surface area (Å²) in [5, 5.41) is 4.68. The van der Waals surface area contributed by atoms with Gasteiger partial charge in [0.25, 0.3) is 0 Å². The fraction of sp³-hybridized carbons (Fsp3) is 0.429. The average molecular weight is 291 g/mol. The summed E-state index contributed by atoms with van der Waals surface area (Å²) in [6.45, 7) is 4.26. The molecule has 3 rings (SSSR count). The van der Waals surface area contributed by atoms with E-state index in [0.29, 0.717) is 4.58 Å². The van der Waals surface area contributed by atoms with Crippen LogP contribution < -0.4 is 0 Å². The lowest BCUT2D eigenvalue weighted by atomic mass is 10.2. The molecule has 2 aromatic heterocycles. The number of hydrogen-bond donors (Lipinski definition) is 0. The van der Waals surface area contributed by atoms with Crippen molar-refractivity contribution in [3.05, 3.63) is 41.3 Å². The molecule has 3 nitrogen and oxygen atoms in total. The van der Waals surface area contributed by atoms with E-state index in [9.17, 15) is 0 Å². The molecule has 0 bridgehead atoms. The molecule has 0 unspecified atom stereocenters. The van der Waals surface area contributed by atoms with Crippen LogP contribution >= 0.6 is 23.5 Å². The molecule has 0 amide bonds. The Balaban J connectivity index is 2.00. The van der Waals surface area contributed by atoms with Crippen molar-refractivity contribution in [1.29, 1.82) is 0 Å². The van der Waals surface area contributed by atoms with Gasteiger partial charge in [-0.3, -0.25) is 0 Å². The summed E-state index contributed by atoms with van der Waals surface area (Å²) in [6, 6.07) is 5.94. The second-order valence-corrected chi connectivity index (χ2v) is 7.34. The van der Waals surface area contributed by atoms with Gasteiger partial charge in [-0.25, -0.2) is 9.67 Å². The molecule has 0 atom stereocenters. The lowest BCUT2D eigenvalue weighted by molar-refractivity contribution is 0.805. The van der Waals surface area contributed by atoms with Gasteiger partial charge in [-0.05, 0) is 43.9 Å². The summed E-state index contributed by atoms with van der Waals surface area (Å²) in [4.78, 5) is 4.40. The standard InChI is InChI=1S/C14H17N3S2/c1-10-13(14-18-8-5-9-19-14)11(2)17(16-10)12-6-3-4-7-15-12/h3-4,6-7,14H,5,8-9H2,1-2H3. The first-order valence-electron chi connectivity index (χ1n) is 6.48. The summed E-state index contributed by atoms with van der Waals surface area (Å²) in [5.41, 5.74) is 3.75. The normalized spacial score (nSPS) is 16.7. The van der Waals surface area contributed by atoms with E-state index in [1.165, 1.54) is 29.2 Å². The topological polar surface area (TPSA) is 30.7 Å². The number of rotatable bonds is 2. The second kappa shape index (κ2) is 5.59. The minimum Gasteiger partial charge on any atom is -0.237 e. The minimum absolute atomic E-state index is 0.534. The van der Waals surface area contributed by atoms with Crippen molar-refractivity contribution in [2.45, 2.75) is 24.9 Å². The summed E-state index contributed by atoms with van der Waals surface area (Å²) >= 11 is 4.08. The van der Waals surface area contributed by atoms with E-state index in [1.807, 2.05) is 52.6 Å². The third-order valence-corrected chi connectivity index (χ3v) is 6.22. The highest BCUT2D eigenvalue weighted by Gasteiger charge is 2.24. The zero-order valence-electron chi connectivity index (χ0n) is 11.2. The van der Waals surface area contributed by atoms with Gasteiger partial charge in [0.05, 0.1) is 10.3 Å². The highest BCUT2D eigenvalue weighted by molar-refractivity contribution is 8.16. The fourth-order valence-corrected chi connectivity index (χ4v) is 5.56. The van der Waals surface area contributed by atoms with E-state index >= 15 is 0 Å². The Morgan fingerprint density at radius 3 is 2.68 bits per heavy atom. The molecule has 100 valence electrons. The average Bonchev–Trinajstić information content (AvgIpc) is 2.76. The van der Waals surface area contributed by atoms with E-state index < -0.39 is 0 Å². The molecule has 1 fully saturated rings. The molecule has 0 spiro atoms. The summed E-state index contributed by atoms with van der Waals surface area (Å²) in [5.74, 6) is 3.41. The van der Waals surface area contributed by atoms with Gasteiger partial charge < -0.3 is 0 Å². The molecule has 2 aromatic rings. The van der Waals surface area contributed by atoms with Crippen molar-refractivity contribution in [2.24, 2.45) is 0 Å². The maximum Gasteiger partial charge on any atom is 0.153 e. The van der Waals surface area contributed by atoms with E-state index in [0.717, 1.165) is 11.5 Å². The number of nitrogens with zero attached hydrogens (tertiary/aromatic N) is 3. The number of hydrogen-bond acceptors (Lipinski definition) is 4. The summed E-state index contributed by atoms with van der Waals surface area (Å²) < 4.78 is 2.51. The number of thioether (sulfide) groups is 2. The van der Waals surface area contributed by atoms with Gasteiger partial charge in [0.1, 0.15) is 0 Å². The fourth-order valence-electron chi connectivity index (χ4n) is 2.35. The molecule has 1 aliphatic heterocycles. The molecular formula is C14H17N3S2. The maximum absolute atomic E-state index is 4.68. The number of aromatic nitrogens is 3. The van der Waals surface area contributed by atoms with Crippen molar-refractivity contribution in [1.82, 2.24) is 14.8 Å². The Kier molecular flexibility index (Phi) is 3.84. The van der Waals surface area contributed by atoms with Crippen LogP contribution in [0.4, 0.5) is 0 Å². The predicted octanol–water partition coefficient (Wildman–Crippen LogP) is 3.75. The van der Waals surface area contributed by atoms with Crippen LogP contribution in [0.1, 0.15) is 28.0 Å². The Morgan fingerprint density at radius 2 is 2.00 bits per heavy atom. The smallest absolute Gasteiger partial charge is 0.153 e. The van der Waals surface area contributed by atoms with Crippen LogP contribution in [0.3, 0.4) is 0 Å². The predicted molar refractivity (Wildman–Crippen MR) is 83.1 cm³/mol. The van der Waals surface area contributed by atoms with Gasteiger partial charge >= 0.3 is 0 Å². The lowest BCUT2D eigenvalue weighted by Gasteiger charge is -2.21. The van der Waals surface area contributed by atoms with Gasteiger partial charge in [0.15, 0.2) is 5.82 Å². The molecule has 0 N–H and O–H groups in total. The van der Waals surface area contributed by atoms with Crippen LogP contribution in [0.5, 0.6) is 0 Å². The molecule has 3 heterocycles. The van der Waals surface area contributed by atoms with Crippen LogP contribution in [0.2, 0.25) is 0 Å². The zero-order chi connectivity index (χ0) is 13.2. The quantitative estimate of drug-likeness (QED) is 0.843. The SMILES string of the molecule is Cc1nn(-c2ccccn2)c(C)c1C1SCCCS1. The largest absolute Gasteiger partial charge is 0.237 e. The first-order chi connectivity index (χ1) is 9.27. The second-order valence-electron chi connectivity index (χ2n) is 4.61. The molecule has 0 radical (unpaired) electrons. The number of pyridine rings is 1. The Morgan fingerprint density at radius 1 is 1.21 bits per heavy atom. The Labute approximate surface area is 122 Å². The van der Waals surface area contributed by atoms with Gasteiger partial charge in [-0.15, -0.1) is 23.5 Å². The van der Waals surface area contributed by atoms with Gasteiger partial charge in [0.2, 0.25) is 0 Å². The van der Waals surface area contributed by atoms with Gasteiger partial charge in [0, 0.05) is 17.5 Å². The third kappa shape index (κ3) is 2.54. The van der Waals surface area contributed by atoms with Crippen LogP contribution in [-0.2, 0) is 0 Å². The van der Waals surface area contributed by atoms with Gasteiger partial charge in [-0.2, -0.15) is 5.10 Å². The minimum atomic E-state index is 0.534. The van der Waals surface area contributed by atoms with E-state index in [1.54, 1.807) is 0 Å². The van der Waals surface area contributed by atoms with E-state index in [2.05, 4.69) is 23.9 Å². The molecule has 5 heteroatoms. The molecule has 0 saturated carbocycles. The van der Waals surface area contributed by atoms with E-state index in [4.69, 9.17) is 0 Å². The van der Waals surface area contributed by atoms with Crippen molar-refractivity contribution in [3.63, 3.8) is 0 Å². The van der Waals surface area contributed by atoms with Gasteiger partial charge in [-0.1, -0.05) is 6.07 Å². The lowest BCUT2D eigenvalue weighted by Crippen LogP contribution is -2.04. The van der Waals surface area contributed by atoms with Crippen LogP contribution in [0, 0.1) is 13.8 Å². The monoisotopic (exact) mass is 291 g/mol. The first-order valence-corrected chi connectivity index (χ1v) is 8.58. The molecule has 1 aliphatic rings. The molecule has 19 heavy (non-hydrogen) atoms. The molecule has 1 saturated heterocycles.